The Kier molecular flexibility index (Phi) is 3.67. The number of nitrogens with zero attached hydrogens (tertiary/aromatic N) is 1. The van der Waals surface area contributed by atoms with Gasteiger partial charge in [-0.15, -0.1) is 0 Å². The van der Waals surface area contributed by atoms with Gasteiger partial charge in [-0.3, -0.25) is 9.69 Å². The Morgan fingerprint density at radius 2 is 2.00 bits per heavy atom. The highest BCUT2D eigenvalue weighted by atomic mass is 16.3. The zero-order chi connectivity index (χ0) is 13.2. The maximum absolute atomic E-state index is 12.1. The van der Waals surface area contributed by atoms with Gasteiger partial charge in [0, 0.05) is 37.6 Å². The Hall–Kier alpha value is -1.19. The molecule has 3 atom stereocenters. The van der Waals surface area contributed by atoms with Crippen LogP contribution < -0.4 is 0 Å². The van der Waals surface area contributed by atoms with Gasteiger partial charge in [0.25, 0.3) is 0 Å². The van der Waals surface area contributed by atoms with Crippen LogP contribution >= 0.6 is 0 Å². The number of carbonyl (C=O) groups excluding carboxylic acids is 1. The molecular formula is C16H21NO2. The topological polar surface area (TPSA) is 40.5 Å². The molecule has 2 bridgehead atoms. The lowest BCUT2D eigenvalue weighted by molar-refractivity contribution is -0.130. The number of benzene rings is 1. The first-order valence-electron chi connectivity index (χ1n) is 7.23. The van der Waals surface area contributed by atoms with Crippen molar-refractivity contribution in [3.05, 3.63) is 35.9 Å². The van der Waals surface area contributed by atoms with Crippen molar-refractivity contribution in [2.24, 2.45) is 5.92 Å². The lowest BCUT2D eigenvalue weighted by atomic mass is 9.86. The number of fused-ring (bicyclic) bond motifs is 2. The molecule has 1 aromatic rings. The molecule has 3 nitrogen and oxygen atoms in total. The summed E-state index contributed by atoms with van der Waals surface area (Å²) in [4.78, 5) is 14.6. The normalized spacial score (nSPS) is 30.8. The maximum Gasteiger partial charge on any atom is 0.139 e. The number of carbonyl (C=O) groups is 1. The van der Waals surface area contributed by atoms with E-state index in [1.54, 1.807) is 0 Å². The summed E-state index contributed by atoms with van der Waals surface area (Å²) < 4.78 is 0. The largest absolute Gasteiger partial charge is 0.396 e. The van der Waals surface area contributed by atoms with E-state index in [0.29, 0.717) is 30.7 Å². The van der Waals surface area contributed by atoms with Crippen molar-refractivity contribution in [3.8, 4) is 0 Å². The number of hydrogen-bond donors (Lipinski definition) is 1. The molecule has 2 aliphatic heterocycles. The Morgan fingerprint density at radius 3 is 2.74 bits per heavy atom. The number of rotatable bonds is 4. The van der Waals surface area contributed by atoms with Crippen molar-refractivity contribution < 1.29 is 9.90 Å². The minimum atomic E-state index is 0.0486. The molecule has 2 aliphatic rings. The number of Topliss-reactive ketones (excluding diaryl/α,β-unsaturated/α-hetero) is 1. The van der Waals surface area contributed by atoms with Crippen molar-refractivity contribution >= 4 is 5.78 Å². The summed E-state index contributed by atoms with van der Waals surface area (Å²) in [6.45, 7) is 1.06. The average Bonchev–Trinajstić information content (AvgIpc) is 2.71. The molecular weight excluding hydrogens is 238 g/mol. The van der Waals surface area contributed by atoms with E-state index >= 15 is 0 Å². The highest BCUT2D eigenvalue weighted by molar-refractivity contribution is 5.83. The fourth-order valence-electron chi connectivity index (χ4n) is 3.75. The third kappa shape index (κ3) is 2.45. The van der Waals surface area contributed by atoms with E-state index in [1.807, 2.05) is 6.07 Å². The van der Waals surface area contributed by atoms with Gasteiger partial charge in [0.15, 0.2) is 0 Å². The van der Waals surface area contributed by atoms with Crippen molar-refractivity contribution in [2.45, 2.75) is 44.3 Å². The van der Waals surface area contributed by atoms with Gasteiger partial charge >= 0.3 is 0 Å². The third-order valence-electron chi connectivity index (χ3n) is 4.65. The Balaban J connectivity index is 1.77. The van der Waals surface area contributed by atoms with E-state index < -0.39 is 0 Å². The van der Waals surface area contributed by atoms with Crippen LogP contribution in [0, 0.1) is 5.92 Å². The summed E-state index contributed by atoms with van der Waals surface area (Å²) in [5.74, 6) is 0.415. The number of piperidine rings is 1. The van der Waals surface area contributed by atoms with Gasteiger partial charge in [-0.1, -0.05) is 30.3 Å². The van der Waals surface area contributed by atoms with Gasteiger partial charge < -0.3 is 5.11 Å². The number of aliphatic hydroxyl groups is 1. The zero-order valence-electron chi connectivity index (χ0n) is 11.2. The Bertz CT molecular complexity index is 445. The van der Waals surface area contributed by atoms with Crippen LogP contribution in [0.5, 0.6) is 0 Å². The van der Waals surface area contributed by atoms with Crippen molar-refractivity contribution in [3.63, 3.8) is 0 Å². The number of aliphatic hydroxyl groups excluding tert-OH is 1. The molecule has 0 amide bonds. The lowest BCUT2D eigenvalue weighted by Crippen LogP contribution is -2.48. The van der Waals surface area contributed by atoms with E-state index in [9.17, 15) is 4.79 Å². The lowest BCUT2D eigenvalue weighted by Gasteiger charge is -2.39. The van der Waals surface area contributed by atoms with Gasteiger partial charge in [0.2, 0.25) is 0 Å². The van der Waals surface area contributed by atoms with Gasteiger partial charge in [-0.2, -0.15) is 0 Å². The molecule has 0 aromatic heterocycles. The van der Waals surface area contributed by atoms with Crippen LogP contribution in [0.2, 0.25) is 0 Å². The smallest absolute Gasteiger partial charge is 0.139 e. The third-order valence-corrected chi connectivity index (χ3v) is 4.65. The van der Waals surface area contributed by atoms with Crippen LogP contribution in [0.4, 0.5) is 0 Å². The molecule has 2 saturated heterocycles. The van der Waals surface area contributed by atoms with E-state index in [-0.39, 0.29) is 12.5 Å². The summed E-state index contributed by atoms with van der Waals surface area (Å²) in [5, 5.41) is 9.17. The first-order chi connectivity index (χ1) is 9.29. The van der Waals surface area contributed by atoms with Crippen LogP contribution in [0.3, 0.4) is 0 Å². The summed E-state index contributed by atoms with van der Waals surface area (Å²) >= 11 is 0. The van der Waals surface area contributed by atoms with Crippen LogP contribution in [-0.2, 0) is 11.3 Å². The summed E-state index contributed by atoms with van der Waals surface area (Å²) in [5.41, 5.74) is 1.32. The van der Waals surface area contributed by atoms with E-state index in [4.69, 9.17) is 5.11 Å². The molecule has 3 rings (SSSR count). The predicted octanol–water partition coefficient (Wildman–Crippen LogP) is 1.99. The second-order valence-corrected chi connectivity index (χ2v) is 5.75. The molecule has 3 unspecified atom stereocenters. The highest BCUT2D eigenvalue weighted by Crippen LogP contribution is 2.39. The molecule has 1 N–H and O–H groups in total. The average molecular weight is 259 g/mol. The SMILES string of the molecule is O=C1CC2CCC(C1CCO)N2Cc1ccccc1. The molecule has 0 aliphatic carbocycles. The molecule has 0 spiro atoms. The maximum atomic E-state index is 12.1. The molecule has 0 radical (unpaired) electrons. The summed E-state index contributed by atoms with van der Waals surface area (Å²) in [6.07, 6.45) is 3.54. The van der Waals surface area contributed by atoms with Gasteiger partial charge in [-0.05, 0) is 24.8 Å². The minimum Gasteiger partial charge on any atom is -0.396 e. The molecule has 1 aromatic carbocycles. The van der Waals surface area contributed by atoms with Gasteiger partial charge in [-0.25, -0.2) is 0 Å². The zero-order valence-corrected chi connectivity index (χ0v) is 11.2. The van der Waals surface area contributed by atoms with Gasteiger partial charge in [0.05, 0.1) is 0 Å². The second kappa shape index (κ2) is 5.43. The summed E-state index contributed by atoms with van der Waals surface area (Å²) in [6, 6.07) is 11.2. The predicted molar refractivity (Wildman–Crippen MR) is 73.6 cm³/mol. The van der Waals surface area contributed by atoms with E-state index in [2.05, 4.69) is 29.2 Å². The van der Waals surface area contributed by atoms with Crippen LogP contribution in [0.15, 0.2) is 30.3 Å². The molecule has 3 heteroatoms. The van der Waals surface area contributed by atoms with E-state index in [0.717, 1.165) is 19.4 Å². The number of ketones is 1. The Labute approximate surface area is 114 Å². The number of hydrogen-bond acceptors (Lipinski definition) is 3. The first-order valence-corrected chi connectivity index (χ1v) is 7.23. The molecule has 102 valence electrons. The standard InChI is InChI=1S/C16H21NO2/c18-9-8-14-15-7-6-13(10-16(14)19)17(15)11-12-4-2-1-3-5-12/h1-5,13-15,18H,6-11H2. The van der Waals surface area contributed by atoms with E-state index in [1.165, 1.54) is 5.56 Å². The van der Waals surface area contributed by atoms with Crippen LogP contribution in [0.1, 0.15) is 31.2 Å². The fraction of sp³-hybridized carbons (Fsp3) is 0.562. The molecule has 2 fully saturated rings. The molecule has 19 heavy (non-hydrogen) atoms. The fourth-order valence-corrected chi connectivity index (χ4v) is 3.75. The van der Waals surface area contributed by atoms with Crippen LogP contribution in [0.25, 0.3) is 0 Å². The van der Waals surface area contributed by atoms with Crippen LogP contribution in [-0.4, -0.2) is 34.5 Å². The summed E-state index contributed by atoms with van der Waals surface area (Å²) in [7, 11) is 0. The van der Waals surface area contributed by atoms with Crippen molar-refractivity contribution in [2.75, 3.05) is 6.61 Å². The Morgan fingerprint density at radius 1 is 1.21 bits per heavy atom. The van der Waals surface area contributed by atoms with Crippen molar-refractivity contribution in [1.82, 2.24) is 4.90 Å². The molecule has 0 saturated carbocycles. The van der Waals surface area contributed by atoms with Crippen molar-refractivity contribution in [1.29, 1.82) is 0 Å². The van der Waals surface area contributed by atoms with Gasteiger partial charge in [0.1, 0.15) is 5.78 Å². The molecule has 2 heterocycles. The minimum absolute atomic E-state index is 0.0486. The first kappa shape index (κ1) is 12.8. The highest BCUT2D eigenvalue weighted by Gasteiger charge is 2.45. The quantitative estimate of drug-likeness (QED) is 0.899. The second-order valence-electron chi connectivity index (χ2n) is 5.75. The monoisotopic (exact) mass is 259 g/mol.